The average molecular weight is 391 g/mol. The maximum atomic E-state index is 11.6. The fraction of sp³-hybridized carbons (Fsp3) is 0.500. The molecule has 0 aromatic rings. The van der Waals surface area contributed by atoms with Crippen molar-refractivity contribution in [1.29, 1.82) is 0 Å². The van der Waals surface area contributed by atoms with E-state index in [-0.39, 0.29) is 11.7 Å². The molecule has 0 bridgehead atoms. The molecule has 1 aliphatic carbocycles. The summed E-state index contributed by atoms with van der Waals surface area (Å²) in [7, 11) is 0. The summed E-state index contributed by atoms with van der Waals surface area (Å²) < 4.78 is 10.8. The average Bonchev–Trinajstić information content (AvgIpc) is 2.67. The Bertz CT molecular complexity index is 701. The number of carbonyl (C=O) groups excluding carboxylic acids is 1. The number of carbonyl (C=O) groups is 2. The van der Waals surface area contributed by atoms with E-state index in [2.05, 4.69) is 22.7 Å². The molecule has 1 fully saturated rings. The Morgan fingerprint density at radius 2 is 2.15 bits per heavy atom. The minimum atomic E-state index is -1.50. The lowest BCUT2D eigenvalue weighted by Gasteiger charge is -2.34. The van der Waals surface area contributed by atoms with Crippen molar-refractivity contribution in [1.82, 2.24) is 4.90 Å². The fourth-order valence-electron chi connectivity index (χ4n) is 3.11. The van der Waals surface area contributed by atoms with Gasteiger partial charge in [-0.25, -0.2) is 4.79 Å². The summed E-state index contributed by atoms with van der Waals surface area (Å²) in [5, 5.41) is 11.1. The van der Waals surface area contributed by atoms with Crippen molar-refractivity contribution in [2.24, 2.45) is 5.92 Å². The highest BCUT2D eigenvalue weighted by atomic mass is 32.2. The zero-order chi connectivity index (χ0) is 19.3. The molecule has 2 aliphatic heterocycles. The zero-order valence-electron chi connectivity index (χ0n) is 15.4. The van der Waals surface area contributed by atoms with Gasteiger partial charge in [0.25, 0.3) is 5.79 Å². The van der Waals surface area contributed by atoms with E-state index in [9.17, 15) is 9.59 Å². The largest absolute Gasteiger partial charge is 0.477 e. The second-order valence-electron chi connectivity index (χ2n) is 7.06. The SMILES string of the molecule is CC1(C(=O)O)OCC(CCCCN2C=CSC(C3=CC=CC(=O)C3)=C2)CO1. The second kappa shape index (κ2) is 8.91. The number of ketones is 1. The van der Waals surface area contributed by atoms with Crippen LogP contribution in [0.5, 0.6) is 0 Å². The number of nitrogens with zero attached hydrogens (tertiary/aromatic N) is 1. The van der Waals surface area contributed by atoms with Crippen LogP contribution in [0.15, 0.2) is 46.5 Å². The summed E-state index contributed by atoms with van der Waals surface area (Å²) in [6.07, 6.45) is 13.0. The molecular weight excluding hydrogens is 366 g/mol. The molecule has 3 aliphatic rings. The van der Waals surface area contributed by atoms with Crippen LogP contribution in [0.25, 0.3) is 0 Å². The molecular formula is C20H25NO5S. The van der Waals surface area contributed by atoms with Crippen molar-refractivity contribution >= 4 is 23.5 Å². The summed E-state index contributed by atoms with van der Waals surface area (Å²) in [5.74, 6) is -2.20. The van der Waals surface area contributed by atoms with Crippen LogP contribution in [0.4, 0.5) is 0 Å². The minimum absolute atomic E-state index is 0.144. The van der Waals surface area contributed by atoms with E-state index < -0.39 is 11.8 Å². The van der Waals surface area contributed by atoms with Crippen LogP contribution < -0.4 is 0 Å². The van der Waals surface area contributed by atoms with Gasteiger partial charge in [0.05, 0.1) is 13.2 Å². The highest BCUT2D eigenvalue weighted by Crippen LogP contribution is 2.32. The molecule has 0 aromatic carbocycles. The number of rotatable bonds is 7. The first kappa shape index (κ1) is 19.9. The molecule has 0 unspecified atom stereocenters. The van der Waals surface area contributed by atoms with Crippen molar-refractivity contribution in [3.05, 3.63) is 46.5 Å². The maximum Gasteiger partial charge on any atom is 0.364 e. The molecule has 0 aromatic heterocycles. The Labute approximate surface area is 163 Å². The van der Waals surface area contributed by atoms with Crippen molar-refractivity contribution in [3.8, 4) is 0 Å². The van der Waals surface area contributed by atoms with Gasteiger partial charge in [0.2, 0.25) is 0 Å². The van der Waals surface area contributed by atoms with Gasteiger partial charge < -0.3 is 19.5 Å². The first-order valence-electron chi connectivity index (χ1n) is 9.19. The van der Waals surface area contributed by atoms with Crippen molar-refractivity contribution in [2.45, 2.75) is 38.4 Å². The molecule has 1 N–H and O–H groups in total. The van der Waals surface area contributed by atoms with E-state index in [1.54, 1.807) is 17.8 Å². The molecule has 6 nitrogen and oxygen atoms in total. The van der Waals surface area contributed by atoms with Crippen LogP contribution in [0.1, 0.15) is 32.6 Å². The van der Waals surface area contributed by atoms with Crippen LogP contribution in [0, 0.1) is 5.92 Å². The molecule has 0 radical (unpaired) electrons. The van der Waals surface area contributed by atoms with Crippen LogP contribution in [-0.2, 0) is 19.1 Å². The van der Waals surface area contributed by atoms with Crippen LogP contribution >= 0.6 is 11.8 Å². The first-order valence-corrected chi connectivity index (χ1v) is 10.1. The normalized spacial score (nSPS) is 28.1. The molecule has 0 atom stereocenters. The number of carboxylic acid groups (broad SMARTS) is 1. The number of aliphatic carboxylic acids is 1. The van der Waals surface area contributed by atoms with Crippen LogP contribution in [0.3, 0.4) is 0 Å². The Balaban J connectivity index is 1.39. The molecule has 0 saturated carbocycles. The predicted molar refractivity (Wildman–Crippen MR) is 104 cm³/mol. The summed E-state index contributed by atoms with van der Waals surface area (Å²) in [6.45, 7) is 3.19. The second-order valence-corrected chi connectivity index (χ2v) is 8.01. The number of carboxylic acids is 1. The van der Waals surface area contributed by atoms with E-state index in [1.165, 1.54) is 6.92 Å². The van der Waals surface area contributed by atoms with E-state index in [0.29, 0.717) is 19.6 Å². The number of unbranched alkanes of at least 4 members (excludes halogenated alkanes) is 1. The van der Waals surface area contributed by atoms with Gasteiger partial charge in [-0.15, -0.1) is 0 Å². The lowest BCUT2D eigenvalue weighted by atomic mass is 10.0. The Hall–Kier alpha value is -1.83. The number of allylic oxidation sites excluding steroid dienone is 4. The molecule has 2 heterocycles. The Kier molecular flexibility index (Phi) is 6.57. The van der Waals surface area contributed by atoms with E-state index in [4.69, 9.17) is 14.6 Å². The highest BCUT2D eigenvalue weighted by Gasteiger charge is 2.40. The molecule has 1 saturated heterocycles. The van der Waals surface area contributed by atoms with Gasteiger partial charge in [0.15, 0.2) is 5.78 Å². The quantitative estimate of drug-likeness (QED) is 0.666. The number of thioether (sulfide) groups is 1. The lowest BCUT2D eigenvalue weighted by molar-refractivity contribution is -0.271. The number of hydrogen-bond donors (Lipinski definition) is 1. The topological polar surface area (TPSA) is 76.1 Å². The summed E-state index contributed by atoms with van der Waals surface area (Å²) in [6, 6.07) is 0. The standard InChI is InChI=1S/C20H25NO5S/c1-20(19(23)24)25-13-15(14-26-20)5-2-3-8-21-9-10-27-18(12-21)16-6-4-7-17(22)11-16/h4,6-7,9-10,12,15H,2-3,5,8,11,13-14H2,1H3,(H,23,24). The molecule has 7 heteroatoms. The third-order valence-electron chi connectivity index (χ3n) is 4.85. The molecule has 3 rings (SSSR count). The van der Waals surface area contributed by atoms with E-state index in [0.717, 1.165) is 36.3 Å². The number of hydrogen-bond acceptors (Lipinski definition) is 6. The van der Waals surface area contributed by atoms with Gasteiger partial charge in [-0.05, 0) is 29.9 Å². The molecule has 27 heavy (non-hydrogen) atoms. The zero-order valence-corrected chi connectivity index (χ0v) is 16.2. The van der Waals surface area contributed by atoms with Crippen molar-refractivity contribution < 1.29 is 24.2 Å². The summed E-state index contributed by atoms with van der Waals surface area (Å²) in [5.41, 5.74) is 1.07. The summed E-state index contributed by atoms with van der Waals surface area (Å²) >= 11 is 1.64. The molecule has 0 spiro atoms. The third-order valence-corrected chi connectivity index (χ3v) is 5.73. The maximum absolute atomic E-state index is 11.6. The van der Waals surface area contributed by atoms with Crippen molar-refractivity contribution in [2.75, 3.05) is 19.8 Å². The van der Waals surface area contributed by atoms with Gasteiger partial charge in [-0.1, -0.05) is 30.3 Å². The fourth-order valence-corrected chi connectivity index (χ4v) is 3.96. The highest BCUT2D eigenvalue weighted by molar-refractivity contribution is 8.06. The van der Waals surface area contributed by atoms with Gasteiger partial charge in [-0.3, -0.25) is 4.79 Å². The molecule has 146 valence electrons. The minimum Gasteiger partial charge on any atom is -0.477 e. The van der Waals surface area contributed by atoms with Crippen LogP contribution in [0.2, 0.25) is 0 Å². The lowest BCUT2D eigenvalue weighted by Crippen LogP contribution is -2.47. The number of ether oxygens (including phenoxy) is 2. The van der Waals surface area contributed by atoms with Gasteiger partial charge in [0.1, 0.15) is 0 Å². The Morgan fingerprint density at radius 1 is 1.37 bits per heavy atom. The van der Waals surface area contributed by atoms with Gasteiger partial charge in [-0.2, -0.15) is 0 Å². The predicted octanol–water partition coefficient (Wildman–Crippen LogP) is 3.44. The molecule has 0 amide bonds. The van der Waals surface area contributed by atoms with Crippen molar-refractivity contribution in [3.63, 3.8) is 0 Å². The van der Waals surface area contributed by atoms with Gasteiger partial charge >= 0.3 is 5.97 Å². The van der Waals surface area contributed by atoms with Crippen LogP contribution in [-0.4, -0.2) is 47.3 Å². The van der Waals surface area contributed by atoms with E-state index >= 15 is 0 Å². The monoisotopic (exact) mass is 391 g/mol. The smallest absolute Gasteiger partial charge is 0.364 e. The third kappa shape index (κ3) is 5.34. The summed E-state index contributed by atoms with van der Waals surface area (Å²) in [4.78, 5) is 25.9. The first-order chi connectivity index (χ1) is 13.0. The van der Waals surface area contributed by atoms with Gasteiger partial charge in [0, 0.05) is 43.1 Å². The van der Waals surface area contributed by atoms with E-state index in [1.807, 2.05) is 12.2 Å². The Morgan fingerprint density at radius 3 is 2.85 bits per heavy atom.